The van der Waals surface area contributed by atoms with E-state index in [1.165, 1.54) is 18.7 Å². The van der Waals surface area contributed by atoms with Gasteiger partial charge >= 0.3 is 0 Å². The number of carbonyl (C=O) groups excluding carboxylic acids is 1. The first-order chi connectivity index (χ1) is 11.0. The van der Waals surface area contributed by atoms with Crippen molar-refractivity contribution in [3.05, 3.63) is 33.6 Å². The third kappa shape index (κ3) is 3.19. The molecule has 2 fully saturated rings. The molecule has 2 saturated carbocycles. The fraction of sp³-hybridized carbons (Fsp3) is 0.625. The lowest BCUT2D eigenvalue weighted by atomic mass is 9.67. The third-order valence-corrected chi connectivity index (χ3v) is 5.20. The summed E-state index contributed by atoms with van der Waals surface area (Å²) in [4.78, 5) is 27.0. The maximum atomic E-state index is 12.6. The number of amides is 1. The van der Waals surface area contributed by atoms with Gasteiger partial charge in [0.15, 0.2) is 0 Å². The van der Waals surface area contributed by atoms with Gasteiger partial charge in [0, 0.05) is 18.2 Å². The second kappa shape index (κ2) is 6.23. The number of nitro groups is 1. The zero-order chi connectivity index (χ0) is 16.6. The average molecular weight is 318 g/mol. The first-order valence-corrected chi connectivity index (χ1v) is 8.13. The topological polar surface area (TPSA) is 111 Å². The molecule has 7 heteroatoms. The van der Waals surface area contributed by atoms with E-state index in [4.69, 9.17) is 5.73 Å². The number of hydrogen-bond donors (Lipinski definition) is 2. The Morgan fingerprint density at radius 1 is 1.39 bits per heavy atom. The number of hydrogen-bond acceptors (Lipinski definition) is 5. The molecule has 0 spiro atoms. The number of nitrogens with one attached hydrogen (secondary N) is 1. The molecule has 0 radical (unpaired) electrons. The summed E-state index contributed by atoms with van der Waals surface area (Å²) in [7, 11) is 0. The summed E-state index contributed by atoms with van der Waals surface area (Å²) in [5.41, 5.74) is 6.74. The Kier molecular flexibility index (Phi) is 4.30. The molecule has 23 heavy (non-hydrogen) atoms. The predicted octanol–water partition coefficient (Wildman–Crippen LogP) is 1.93. The van der Waals surface area contributed by atoms with E-state index >= 15 is 0 Å². The van der Waals surface area contributed by atoms with Crippen molar-refractivity contribution in [3.63, 3.8) is 0 Å². The van der Waals surface area contributed by atoms with Gasteiger partial charge in [-0.2, -0.15) is 0 Å². The van der Waals surface area contributed by atoms with Crippen LogP contribution in [-0.4, -0.2) is 27.9 Å². The first-order valence-electron chi connectivity index (χ1n) is 8.13. The first kappa shape index (κ1) is 15.9. The number of nitrogens with two attached hydrogens (primary N) is 1. The number of aryl methyl sites for hydroxylation is 1. The largest absolute Gasteiger partial charge is 0.349 e. The van der Waals surface area contributed by atoms with Gasteiger partial charge in [-0.15, -0.1) is 0 Å². The minimum atomic E-state index is -0.530. The molecule has 2 aliphatic rings. The van der Waals surface area contributed by atoms with Crippen molar-refractivity contribution >= 4 is 11.6 Å². The van der Waals surface area contributed by atoms with Crippen LogP contribution in [0, 0.1) is 28.9 Å². The Morgan fingerprint density at radius 3 is 2.65 bits per heavy atom. The van der Waals surface area contributed by atoms with Crippen molar-refractivity contribution < 1.29 is 9.72 Å². The van der Waals surface area contributed by atoms with E-state index in [2.05, 4.69) is 10.3 Å². The monoisotopic (exact) mass is 318 g/mol. The van der Waals surface area contributed by atoms with Gasteiger partial charge in [0.25, 0.3) is 11.6 Å². The normalized spacial score (nSPS) is 29.8. The minimum Gasteiger partial charge on any atom is -0.349 e. The zero-order valence-corrected chi connectivity index (χ0v) is 13.2. The molecule has 0 saturated heterocycles. The van der Waals surface area contributed by atoms with Crippen LogP contribution < -0.4 is 11.1 Å². The summed E-state index contributed by atoms with van der Waals surface area (Å²) < 4.78 is 0. The predicted molar refractivity (Wildman–Crippen MR) is 84.9 cm³/mol. The quantitative estimate of drug-likeness (QED) is 0.653. The molecule has 7 nitrogen and oxygen atoms in total. The fourth-order valence-corrected chi connectivity index (χ4v) is 4.11. The lowest BCUT2D eigenvalue weighted by molar-refractivity contribution is -0.385. The van der Waals surface area contributed by atoms with Crippen LogP contribution >= 0.6 is 0 Å². The second-order valence-corrected chi connectivity index (χ2v) is 6.77. The van der Waals surface area contributed by atoms with Crippen LogP contribution in [0.15, 0.2) is 12.3 Å². The van der Waals surface area contributed by atoms with E-state index in [1.807, 2.05) is 0 Å². The molecule has 2 aliphatic carbocycles. The van der Waals surface area contributed by atoms with Crippen LogP contribution in [0.4, 0.5) is 5.69 Å². The molecule has 2 atom stereocenters. The van der Waals surface area contributed by atoms with Gasteiger partial charge in [0.1, 0.15) is 6.20 Å². The SMILES string of the molecule is Cc1ncc([N+](=O)[O-])cc1C(=O)NC1C2CCCC1CC(N)C2. The lowest BCUT2D eigenvalue weighted by Crippen LogP contribution is -2.53. The highest BCUT2D eigenvalue weighted by atomic mass is 16.6. The molecule has 1 amide bonds. The number of fused-ring (bicyclic) bond motifs is 2. The Morgan fingerprint density at radius 2 is 2.04 bits per heavy atom. The Hall–Kier alpha value is -2.02. The van der Waals surface area contributed by atoms with Crippen LogP contribution in [0.2, 0.25) is 0 Å². The van der Waals surface area contributed by atoms with Crippen LogP contribution in [0.3, 0.4) is 0 Å². The molecule has 2 bridgehead atoms. The highest BCUT2D eigenvalue weighted by molar-refractivity contribution is 5.96. The molecular weight excluding hydrogens is 296 g/mol. The number of aromatic nitrogens is 1. The maximum Gasteiger partial charge on any atom is 0.288 e. The highest BCUT2D eigenvalue weighted by Crippen LogP contribution is 2.39. The maximum absolute atomic E-state index is 12.6. The number of carbonyl (C=O) groups is 1. The molecule has 3 rings (SSSR count). The molecule has 1 heterocycles. The van der Waals surface area contributed by atoms with E-state index in [1.54, 1.807) is 6.92 Å². The average Bonchev–Trinajstić information content (AvgIpc) is 2.48. The summed E-state index contributed by atoms with van der Waals surface area (Å²) in [6, 6.07) is 1.65. The lowest BCUT2D eigenvalue weighted by Gasteiger charge is -2.45. The molecule has 1 aromatic heterocycles. The van der Waals surface area contributed by atoms with E-state index in [-0.39, 0.29) is 29.2 Å². The van der Waals surface area contributed by atoms with Crippen LogP contribution in [0.25, 0.3) is 0 Å². The summed E-state index contributed by atoms with van der Waals surface area (Å²) in [5.74, 6) is 0.554. The second-order valence-electron chi connectivity index (χ2n) is 6.77. The fourth-order valence-electron chi connectivity index (χ4n) is 4.11. The van der Waals surface area contributed by atoms with Gasteiger partial charge in [0.2, 0.25) is 0 Å². The zero-order valence-electron chi connectivity index (χ0n) is 13.2. The van der Waals surface area contributed by atoms with Gasteiger partial charge < -0.3 is 11.1 Å². The molecule has 124 valence electrons. The standard InChI is InChI=1S/C16H22N4O3/c1-9-14(7-13(8-18-9)20(22)23)16(21)19-15-10-3-2-4-11(15)6-12(17)5-10/h7-8,10-12,15H,2-6,17H2,1H3,(H,19,21). The van der Waals surface area contributed by atoms with Crippen molar-refractivity contribution in [2.45, 2.75) is 51.1 Å². The highest BCUT2D eigenvalue weighted by Gasteiger charge is 2.40. The Labute approximate surface area is 134 Å². The smallest absolute Gasteiger partial charge is 0.288 e. The van der Waals surface area contributed by atoms with Crippen molar-refractivity contribution in [1.29, 1.82) is 0 Å². The van der Waals surface area contributed by atoms with Gasteiger partial charge in [-0.05, 0) is 44.4 Å². The van der Waals surface area contributed by atoms with Crippen molar-refractivity contribution in [1.82, 2.24) is 10.3 Å². The van der Waals surface area contributed by atoms with E-state index in [9.17, 15) is 14.9 Å². The van der Waals surface area contributed by atoms with Crippen LogP contribution in [0.1, 0.15) is 48.2 Å². The van der Waals surface area contributed by atoms with E-state index < -0.39 is 4.92 Å². The van der Waals surface area contributed by atoms with Gasteiger partial charge in [0.05, 0.1) is 16.2 Å². The molecule has 0 aromatic carbocycles. The minimum absolute atomic E-state index is 0.120. The molecule has 3 N–H and O–H groups in total. The molecule has 2 unspecified atom stereocenters. The number of nitrogens with zero attached hydrogens (tertiary/aromatic N) is 2. The number of pyridine rings is 1. The van der Waals surface area contributed by atoms with Crippen molar-refractivity contribution in [3.8, 4) is 0 Å². The Bertz CT molecular complexity index is 620. The van der Waals surface area contributed by atoms with E-state index in [0.717, 1.165) is 25.7 Å². The van der Waals surface area contributed by atoms with Crippen molar-refractivity contribution in [2.75, 3.05) is 0 Å². The third-order valence-electron chi connectivity index (χ3n) is 5.20. The Balaban J connectivity index is 1.79. The summed E-state index contributed by atoms with van der Waals surface area (Å²) >= 11 is 0. The molecule has 1 aromatic rings. The molecular formula is C16H22N4O3. The van der Waals surface area contributed by atoms with Crippen LogP contribution in [0.5, 0.6) is 0 Å². The van der Waals surface area contributed by atoms with Gasteiger partial charge in [-0.3, -0.25) is 19.9 Å². The summed E-state index contributed by atoms with van der Waals surface area (Å²) in [5, 5.41) is 14.0. The van der Waals surface area contributed by atoms with Gasteiger partial charge in [-0.1, -0.05) is 6.42 Å². The van der Waals surface area contributed by atoms with E-state index in [0.29, 0.717) is 17.5 Å². The van der Waals surface area contributed by atoms with Crippen molar-refractivity contribution in [2.24, 2.45) is 17.6 Å². The summed E-state index contributed by atoms with van der Waals surface area (Å²) in [6.45, 7) is 1.69. The van der Waals surface area contributed by atoms with Crippen LogP contribution in [-0.2, 0) is 0 Å². The summed E-state index contributed by atoms with van der Waals surface area (Å²) in [6.07, 6.45) is 6.41. The molecule has 0 aliphatic heterocycles. The van der Waals surface area contributed by atoms with Gasteiger partial charge in [-0.25, -0.2) is 0 Å². The number of rotatable bonds is 3.